The van der Waals surface area contributed by atoms with E-state index in [0.29, 0.717) is 6.04 Å². The van der Waals surface area contributed by atoms with Crippen LogP contribution in [0.2, 0.25) is 0 Å². The molecule has 1 aromatic carbocycles. The van der Waals surface area contributed by atoms with Gasteiger partial charge in [-0.25, -0.2) is 4.79 Å². The molecular formula is C19H31N3O. The summed E-state index contributed by atoms with van der Waals surface area (Å²) in [6, 6.07) is 10.9. The third-order valence-corrected chi connectivity index (χ3v) is 4.49. The van der Waals surface area contributed by atoms with Gasteiger partial charge in [0, 0.05) is 32.2 Å². The largest absolute Gasteiger partial charge is 0.338 e. The van der Waals surface area contributed by atoms with Crippen molar-refractivity contribution in [3.63, 3.8) is 0 Å². The fourth-order valence-corrected chi connectivity index (χ4v) is 3.07. The molecule has 0 unspecified atom stereocenters. The first-order chi connectivity index (χ1) is 11.3. The molecule has 4 nitrogen and oxygen atoms in total. The third kappa shape index (κ3) is 7.04. The Labute approximate surface area is 140 Å². The Morgan fingerprint density at radius 2 is 1.87 bits per heavy atom. The maximum atomic E-state index is 11.9. The van der Waals surface area contributed by atoms with E-state index in [1.54, 1.807) is 0 Å². The number of unbranched alkanes of at least 4 members (excludes halogenated alkanes) is 3. The van der Waals surface area contributed by atoms with Crippen LogP contribution >= 0.6 is 0 Å². The number of carbonyl (C=O) groups excluding carboxylic acids is 1. The van der Waals surface area contributed by atoms with E-state index in [2.05, 4.69) is 52.8 Å². The molecule has 2 rings (SSSR count). The van der Waals surface area contributed by atoms with Crippen molar-refractivity contribution in [2.75, 3.05) is 19.6 Å². The Balaban J connectivity index is 1.58. The predicted octanol–water partition coefficient (Wildman–Crippen LogP) is 3.53. The molecule has 23 heavy (non-hydrogen) atoms. The summed E-state index contributed by atoms with van der Waals surface area (Å²) < 4.78 is 0. The molecule has 0 radical (unpaired) electrons. The summed E-state index contributed by atoms with van der Waals surface area (Å²) in [4.78, 5) is 14.3. The minimum absolute atomic E-state index is 0.00279. The number of likely N-dealkylation sites (tertiary alicyclic amines) is 1. The molecule has 1 saturated heterocycles. The fraction of sp³-hybridized carbons (Fsp3) is 0.632. The quantitative estimate of drug-likeness (QED) is 0.720. The van der Waals surface area contributed by atoms with E-state index < -0.39 is 0 Å². The minimum atomic E-state index is 0.00279. The SMILES string of the molecule is CCCCCCNC(=O)NC1CCN(Cc2ccccc2)CC1. The summed E-state index contributed by atoms with van der Waals surface area (Å²) in [5.74, 6) is 0. The van der Waals surface area contributed by atoms with Gasteiger partial charge < -0.3 is 10.6 Å². The fourth-order valence-electron chi connectivity index (χ4n) is 3.07. The van der Waals surface area contributed by atoms with Crippen molar-refractivity contribution in [1.82, 2.24) is 15.5 Å². The van der Waals surface area contributed by atoms with Gasteiger partial charge >= 0.3 is 6.03 Å². The number of amides is 2. The summed E-state index contributed by atoms with van der Waals surface area (Å²) in [5, 5.41) is 6.09. The van der Waals surface area contributed by atoms with Crippen molar-refractivity contribution in [1.29, 1.82) is 0 Å². The third-order valence-electron chi connectivity index (χ3n) is 4.49. The number of nitrogens with zero attached hydrogens (tertiary/aromatic N) is 1. The number of benzene rings is 1. The molecule has 1 heterocycles. The number of rotatable bonds is 8. The van der Waals surface area contributed by atoms with Crippen LogP contribution in [0.1, 0.15) is 51.0 Å². The lowest BCUT2D eigenvalue weighted by Crippen LogP contribution is -2.47. The molecule has 1 fully saturated rings. The van der Waals surface area contributed by atoms with Crippen LogP contribution in [0.4, 0.5) is 4.79 Å². The van der Waals surface area contributed by atoms with Crippen LogP contribution in [-0.2, 0) is 6.54 Å². The molecule has 0 aliphatic carbocycles. The molecule has 1 aliphatic heterocycles. The average molecular weight is 317 g/mol. The van der Waals surface area contributed by atoms with Crippen molar-refractivity contribution >= 4 is 6.03 Å². The molecule has 2 N–H and O–H groups in total. The van der Waals surface area contributed by atoms with Crippen LogP contribution in [0.3, 0.4) is 0 Å². The molecule has 0 bridgehead atoms. The van der Waals surface area contributed by atoms with Gasteiger partial charge in [0.2, 0.25) is 0 Å². The molecule has 0 spiro atoms. The first-order valence-electron chi connectivity index (χ1n) is 9.08. The van der Waals surface area contributed by atoms with Gasteiger partial charge in [-0.15, -0.1) is 0 Å². The van der Waals surface area contributed by atoms with E-state index in [0.717, 1.165) is 45.4 Å². The minimum Gasteiger partial charge on any atom is -0.338 e. The lowest BCUT2D eigenvalue weighted by atomic mass is 10.0. The van der Waals surface area contributed by atoms with Crippen LogP contribution < -0.4 is 10.6 Å². The Morgan fingerprint density at radius 3 is 2.57 bits per heavy atom. The van der Waals surface area contributed by atoms with Crippen molar-refractivity contribution in [2.45, 2.75) is 58.0 Å². The molecule has 0 saturated carbocycles. The maximum Gasteiger partial charge on any atom is 0.315 e. The van der Waals surface area contributed by atoms with Crippen molar-refractivity contribution in [3.05, 3.63) is 35.9 Å². The van der Waals surface area contributed by atoms with Gasteiger partial charge in [-0.3, -0.25) is 4.90 Å². The zero-order valence-corrected chi connectivity index (χ0v) is 14.4. The van der Waals surface area contributed by atoms with Gasteiger partial charge in [-0.2, -0.15) is 0 Å². The van der Waals surface area contributed by atoms with Gasteiger partial charge in [0.05, 0.1) is 0 Å². The van der Waals surface area contributed by atoms with Gasteiger partial charge in [-0.1, -0.05) is 56.5 Å². The number of carbonyl (C=O) groups is 1. The zero-order valence-electron chi connectivity index (χ0n) is 14.4. The van der Waals surface area contributed by atoms with E-state index in [1.807, 2.05) is 0 Å². The predicted molar refractivity (Wildman–Crippen MR) is 95.4 cm³/mol. The maximum absolute atomic E-state index is 11.9. The first kappa shape index (κ1) is 17.8. The second kappa shape index (κ2) is 10.3. The average Bonchev–Trinajstić information content (AvgIpc) is 2.57. The summed E-state index contributed by atoms with van der Waals surface area (Å²) >= 11 is 0. The Morgan fingerprint density at radius 1 is 1.13 bits per heavy atom. The summed E-state index contributed by atoms with van der Waals surface area (Å²) in [7, 11) is 0. The standard InChI is InChI=1S/C19H31N3O/c1-2-3-4-8-13-20-19(23)21-18-11-14-22(15-12-18)16-17-9-6-5-7-10-17/h5-7,9-10,18H,2-4,8,11-16H2,1H3,(H2,20,21,23). The molecule has 4 heteroatoms. The normalized spacial score (nSPS) is 16.2. The Bertz CT molecular complexity index is 441. The zero-order chi connectivity index (χ0) is 16.3. The van der Waals surface area contributed by atoms with Crippen LogP contribution in [0.15, 0.2) is 30.3 Å². The first-order valence-corrected chi connectivity index (χ1v) is 9.08. The highest BCUT2D eigenvalue weighted by atomic mass is 16.2. The number of hydrogen-bond donors (Lipinski definition) is 2. The van der Waals surface area contributed by atoms with Crippen LogP contribution in [0, 0.1) is 0 Å². The summed E-state index contributed by atoms with van der Waals surface area (Å²) in [6.45, 7) is 6.10. The highest BCUT2D eigenvalue weighted by Crippen LogP contribution is 2.13. The van der Waals surface area contributed by atoms with E-state index >= 15 is 0 Å². The molecular weight excluding hydrogens is 286 g/mol. The molecule has 2 amide bonds. The number of piperidine rings is 1. The molecule has 128 valence electrons. The lowest BCUT2D eigenvalue weighted by Gasteiger charge is -2.32. The van der Waals surface area contributed by atoms with Crippen molar-refractivity contribution in [2.24, 2.45) is 0 Å². The van der Waals surface area contributed by atoms with Crippen LogP contribution in [-0.4, -0.2) is 36.6 Å². The van der Waals surface area contributed by atoms with E-state index in [-0.39, 0.29) is 6.03 Å². The van der Waals surface area contributed by atoms with Gasteiger partial charge in [-0.05, 0) is 24.8 Å². The molecule has 1 aliphatic rings. The van der Waals surface area contributed by atoms with Crippen molar-refractivity contribution < 1.29 is 4.79 Å². The van der Waals surface area contributed by atoms with Crippen LogP contribution in [0.25, 0.3) is 0 Å². The highest BCUT2D eigenvalue weighted by molar-refractivity contribution is 5.74. The number of hydrogen-bond acceptors (Lipinski definition) is 2. The molecule has 0 atom stereocenters. The second-order valence-electron chi connectivity index (χ2n) is 6.50. The topological polar surface area (TPSA) is 44.4 Å². The van der Waals surface area contributed by atoms with Gasteiger partial charge in [0.25, 0.3) is 0 Å². The Kier molecular flexibility index (Phi) is 7.95. The van der Waals surface area contributed by atoms with Crippen LogP contribution in [0.5, 0.6) is 0 Å². The summed E-state index contributed by atoms with van der Waals surface area (Å²) in [5.41, 5.74) is 1.36. The highest BCUT2D eigenvalue weighted by Gasteiger charge is 2.20. The number of urea groups is 1. The Hall–Kier alpha value is -1.55. The number of nitrogens with one attached hydrogen (secondary N) is 2. The van der Waals surface area contributed by atoms with Gasteiger partial charge in [0.1, 0.15) is 0 Å². The van der Waals surface area contributed by atoms with E-state index in [4.69, 9.17) is 0 Å². The van der Waals surface area contributed by atoms with E-state index in [9.17, 15) is 4.79 Å². The molecule has 0 aromatic heterocycles. The lowest BCUT2D eigenvalue weighted by molar-refractivity contribution is 0.186. The monoisotopic (exact) mass is 317 g/mol. The molecule has 1 aromatic rings. The summed E-state index contributed by atoms with van der Waals surface area (Å²) in [6.07, 6.45) is 6.84. The second-order valence-corrected chi connectivity index (χ2v) is 6.50. The van der Waals surface area contributed by atoms with Crippen molar-refractivity contribution in [3.8, 4) is 0 Å². The van der Waals surface area contributed by atoms with Gasteiger partial charge in [0.15, 0.2) is 0 Å². The van der Waals surface area contributed by atoms with E-state index in [1.165, 1.54) is 24.8 Å². The smallest absolute Gasteiger partial charge is 0.315 e.